The van der Waals surface area contributed by atoms with Crippen LogP contribution >= 0.6 is 35.7 Å². The summed E-state index contributed by atoms with van der Waals surface area (Å²) >= 11 is 1.82. The molecule has 0 aliphatic rings. The molecule has 7 heteroatoms. The lowest BCUT2D eigenvalue weighted by Crippen LogP contribution is -2.39. The van der Waals surface area contributed by atoms with Gasteiger partial charge in [0.25, 0.3) is 0 Å². The lowest BCUT2D eigenvalue weighted by molar-refractivity contribution is 0.311. The van der Waals surface area contributed by atoms with E-state index in [-0.39, 0.29) is 28.7 Å². The monoisotopic (exact) mass is 453 g/mol. The summed E-state index contributed by atoms with van der Waals surface area (Å²) in [6, 6.07) is 5.73. The van der Waals surface area contributed by atoms with Crippen LogP contribution in [0.4, 0.5) is 5.69 Å². The number of aliphatic imine (C=N–C) groups is 1. The van der Waals surface area contributed by atoms with Crippen molar-refractivity contribution in [2.45, 2.75) is 25.5 Å². The van der Waals surface area contributed by atoms with Gasteiger partial charge < -0.3 is 20.1 Å². The number of guanidine groups is 1. The van der Waals surface area contributed by atoms with Gasteiger partial charge in [-0.2, -0.15) is 11.8 Å². The lowest BCUT2D eigenvalue weighted by atomic mass is 10.2. The Morgan fingerprint density at radius 1 is 1.30 bits per heavy atom. The van der Waals surface area contributed by atoms with Gasteiger partial charge in [-0.25, -0.2) is 0 Å². The summed E-state index contributed by atoms with van der Waals surface area (Å²) in [6.07, 6.45) is 2.11. The standard InChI is InChI=1S/C16H27N3O2S.HI/c1-7-21-14-10-12(8-9-13(14)20-5)19-15(17-4)18-11-16(2,3)22-6;/h8-10H,7,11H2,1-6H3,(H2,17,18,19);1H. The van der Waals surface area contributed by atoms with Crippen LogP contribution < -0.4 is 20.1 Å². The summed E-state index contributed by atoms with van der Waals surface area (Å²) in [4.78, 5) is 4.25. The van der Waals surface area contributed by atoms with Crippen molar-refractivity contribution in [2.75, 3.05) is 38.9 Å². The third-order valence-electron chi connectivity index (χ3n) is 3.18. The molecule has 2 N–H and O–H groups in total. The molecule has 0 unspecified atom stereocenters. The Morgan fingerprint density at radius 2 is 2.00 bits per heavy atom. The van der Waals surface area contributed by atoms with Gasteiger partial charge in [-0.05, 0) is 39.2 Å². The molecule has 1 rings (SSSR count). The Morgan fingerprint density at radius 3 is 2.52 bits per heavy atom. The average Bonchev–Trinajstić information content (AvgIpc) is 2.52. The Bertz CT molecular complexity index is 510. The zero-order valence-corrected chi connectivity index (χ0v) is 17.9. The van der Waals surface area contributed by atoms with Crippen LogP contribution in [-0.2, 0) is 0 Å². The molecule has 0 spiro atoms. The van der Waals surface area contributed by atoms with Gasteiger partial charge in [0.15, 0.2) is 17.5 Å². The van der Waals surface area contributed by atoms with E-state index in [0.717, 1.165) is 29.7 Å². The van der Waals surface area contributed by atoms with Crippen molar-refractivity contribution in [1.82, 2.24) is 5.32 Å². The van der Waals surface area contributed by atoms with Crippen molar-refractivity contribution in [2.24, 2.45) is 4.99 Å². The van der Waals surface area contributed by atoms with Crippen molar-refractivity contribution in [3.63, 3.8) is 0 Å². The van der Waals surface area contributed by atoms with Gasteiger partial charge in [-0.15, -0.1) is 24.0 Å². The van der Waals surface area contributed by atoms with E-state index in [4.69, 9.17) is 9.47 Å². The van der Waals surface area contributed by atoms with Gasteiger partial charge in [-0.3, -0.25) is 4.99 Å². The van der Waals surface area contributed by atoms with Crippen molar-refractivity contribution in [1.29, 1.82) is 0 Å². The average molecular weight is 453 g/mol. The van der Waals surface area contributed by atoms with Gasteiger partial charge in [0, 0.05) is 30.1 Å². The number of methoxy groups -OCH3 is 1. The molecule has 0 radical (unpaired) electrons. The number of nitrogens with one attached hydrogen (secondary N) is 2. The maximum Gasteiger partial charge on any atom is 0.195 e. The number of hydrogen-bond acceptors (Lipinski definition) is 4. The quantitative estimate of drug-likeness (QED) is 0.373. The molecule has 0 amide bonds. The molecule has 23 heavy (non-hydrogen) atoms. The number of hydrogen-bond donors (Lipinski definition) is 2. The first-order chi connectivity index (χ1) is 10.5. The number of benzene rings is 1. The number of rotatable bonds is 7. The number of anilines is 1. The molecule has 0 bridgehead atoms. The van der Waals surface area contributed by atoms with Gasteiger partial charge in [-0.1, -0.05) is 0 Å². The summed E-state index contributed by atoms with van der Waals surface area (Å²) in [5, 5.41) is 6.60. The van der Waals surface area contributed by atoms with E-state index < -0.39 is 0 Å². The van der Waals surface area contributed by atoms with Crippen molar-refractivity contribution in [3.8, 4) is 11.5 Å². The number of halogens is 1. The highest BCUT2D eigenvalue weighted by Gasteiger charge is 2.16. The second-order valence-electron chi connectivity index (χ2n) is 5.31. The minimum atomic E-state index is 0. The Labute approximate surface area is 161 Å². The molecule has 5 nitrogen and oxygen atoms in total. The van der Waals surface area contributed by atoms with Crippen LogP contribution in [-0.4, -0.2) is 44.3 Å². The maximum absolute atomic E-state index is 5.59. The highest BCUT2D eigenvalue weighted by molar-refractivity contribution is 14.0. The molecule has 0 aromatic heterocycles. The van der Waals surface area contributed by atoms with Crippen LogP contribution in [0.1, 0.15) is 20.8 Å². The molecular weight excluding hydrogens is 425 g/mol. The van der Waals surface area contributed by atoms with E-state index >= 15 is 0 Å². The normalized spacial score (nSPS) is 11.5. The highest BCUT2D eigenvalue weighted by Crippen LogP contribution is 2.30. The van der Waals surface area contributed by atoms with Crippen LogP contribution in [0.3, 0.4) is 0 Å². The van der Waals surface area contributed by atoms with Crippen LogP contribution in [0.2, 0.25) is 0 Å². The van der Waals surface area contributed by atoms with E-state index in [0.29, 0.717) is 6.61 Å². The summed E-state index contributed by atoms with van der Waals surface area (Å²) < 4.78 is 11.0. The molecule has 132 valence electrons. The minimum absolute atomic E-state index is 0. The molecular formula is C16H28IN3O2S. The van der Waals surface area contributed by atoms with Crippen LogP contribution in [0, 0.1) is 0 Å². The highest BCUT2D eigenvalue weighted by atomic mass is 127. The molecule has 0 aliphatic carbocycles. The van der Waals surface area contributed by atoms with Gasteiger partial charge in [0.05, 0.1) is 13.7 Å². The fourth-order valence-electron chi connectivity index (χ4n) is 1.71. The van der Waals surface area contributed by atoms with Crippen LogP contribution in [0.15, 0.2) is 23.2 Å². The van der Waals surface area contributed by atoms with E-state index in [1.54, 1.807) is 14.2 Å². The number of thioether (sulfide) groups is 1. The van der Waals surface area contributed by atoms with Crippen LogP contribution in [0.5, 0.6) is 11.5 Å². The molecule has 1 aromatic carbocycles. The number of ether oxygens (including phenoxy) is 2. The minimum Gasteiger partial charge on any atom is -0.493 e. The zero-order chi connectivity index (χ0) is 16.6. The third-order valence-corrected chi connectivity index (χ3v) is 4.43. The molecule has 0 atom stereocenters. The van der Waals surface area contributed by atoms with E-state index in [1.165, 1.54) is 0 Å². The molecule has 0 fully saturated rings. The SMILES string of the molecule is CCOc1cc(NC(=NC)NCC(C)(C)SC)ccc1OC.I. The second kappa shape index (κ2) is 10.9. The Balaban J connectivity index is 0.00000484. The fourth-order valence-corrected chi connectivity index (χ4v) is 1.92. The first-order valence-electron chi connectivity index (χ1n) is 7.29. The summed E-state index contributed by atoms with van der Waals surface area (Å²) in [6.45, 7) is 7.75. The Kier molecular flexibility index (Phi) is 10.5. The number of nitrogens with zero attached hydrogens (tertiary/aromatic N) is 1. The van der Waals surface area contributed by atoms with Crippen molar-refractivity contribution < 1.29 is 9.47 Å². The van der Waals surface area contributed by atoms with Gasteiger partial charge >= 0.3 is 0 Å². The second-order valence-corrected chi connectivity index (χ2v) is 6.83. The predicted molar refractivity (Wildman–Crippen MR) is 112 cm³/mol. The fraction of sp³-hybridized carbons (Fsp3) is 0.562. The van der Waals surface area contributed by atoms with Crippen LogP contribution in [0.25, 0.3) is 0 Å². The van der Waals surface area contributed by atoms with Crippen molar-refractivity contribution in [3.05, 3.63) is 18.2 Å². The zero-order valence-electron chi connectivity index (χ0n) is 14.7. The topological polar surface area (TPSA) is 54.9 Å². The summed E-state index contributed by atoms with van der Waals surface area (Å²) in [7, 11) is 3.39. The van der Waals surface area contributed by atoms with E-state index in [1.807, 2.05) is 36.9 Å². The Hall–Kier alpha value is -0.830. The lowest BCUT2D eigenvalue weighted by Gasteiger charge is -2.24. The van der Waals surface area contributed by atoms with Crippen molar-refractivity contribution >= 4 is 47.4 Å². The van der Waals surface area contributed by atoms with Gasteiger partial charge in [0.2, 0.25) is 0 Å². The molecule has 0 saturated carbocycles. The molecule has 0 saturated heterocycles. The van der Waals surface area contributed by atoms with Gasteiger partial charge in [0.1, 0.15) is 0 Å². The molecule has 0 heterocycles. The smallest absolute Gasteiger partial charge is 0.195 e. The first kappa shape index (κ1) is 22.2. The largest absolute Gasteiger partial charge is 0.493 e. The van der Waals surface area contributed by atoms with E-state index in [9.17, 15) is 0 Å². The summed E-state index contributed by atoms with van der Waals surface area (Å²) in [5.41, 5.74) is 0.902. The third kappa shape index (κ3) is 7.52. The molecule has 0 aliphatic heterocycles. The first-order valence-corrected chi connectivity index (χ1v) is 8.52. The molecule has 1 aromatic rings. The van der Waals surface area contributed by atoms with E-state index in [2.05, 4.69) is 35.7 Å². The maximum atomic E-state index is 5.59. The predicted octanol–water partition coefficient (Wildman–Crippen LogP) is 3.84. The summed E-state index contributed by atoms with van der Waals surface area (Å²) in [5.74, 6) is 2.17.